The maximum atomic E-state index is 12.0. The van der Waals surface area contributed by atoms with Crippen molar-refractivity contribution in [3.63, 3.8) is 0 Å². The largest absolute Gasteiger partial charge is 0.396 e. The van der Waals surface area contributed by atoms with E-state index in [1.165, 1.54) is 19.3 Å². The molecule has 1 amide bonds. The zero-order chi connectivity index (χ0) is 13.6. The van der Waals surface area contributed by atoms with Crippen molar-refractivity contribution in [2.75, 3.05) is 13.2 Å². The average molecular weight is 254 g/mol. The topological polar surface area (TPSA) is 75.4 Å². The molecule has 2 aliphatic rings. The summed E-state index contributed by atoms with van der Waals surface area (Å²) < 4.78 is 0. The van der Waals surface area contributed by atoms with Crippen LogP contribution in [0.5, 0.6) is 0 Å². The van der Waals surface area contributed by atoms with Crippen LogP contribution in [0.25, 0.3) is 0 Å². The molecule has 4 N–H and O–H groups in total. The number of nitrogens with two attached hydrogens (primary N) is 1. The normalized spacial score (nSPS) is 30.7. The monoisotopic (exact) mass is 254 g/mol. The van der Waals surface area contributed by atoms with Gasteiger partial charge in [0.05, 0.1) is 12.6 Å². The van der Waals surface area contributed by atoms with E-state index in [0.717, 1.165) is 6.42 Å². The number of hydrogen-bond donors (Lipinski definition) is 3. The standard InChI is InChI=1S/C14H26N2O2/c1-12(2,3)10(15)11(18)16-8-14(9-17)7-13(14)5-4-6-13/h10,17H,4-9,15H2,1-3H3,(H,16,18). The third-order valence-corrected chi connectivity index (χ3v) is 5.11. The lowest BCUT2D eigenvalue weighted by atomic mass is 9.75. The summed E-state index contributed by atoms with van der Waals surface area (Å²) in [5.74, 6) is -0.100. The minimum atomic E-state index is -0.496. The molecule has 18 heavy (non-hydrogen) atoms. The SMILES string of the molecule is CC(C)(C)C(N)C(=O)NCC1(CO)CC12CCC2. The minimum Gasteiger partial charge on any atom is -0.396 e. The minimum absolute atomic E-state index is 0.0570. The predicted octanol–water partition coefficient (Wildman–Crippen LogP) is 1.03. The Morgan fingerprint density at radius 1 is 1.44 bits per heavy atom. The second kappa shape index (κ2) is 4.20. The zero-order valence-electron chi connectivity index (χ0n) is 11.8. The molecular formula is C14H26N2O2. The number of hydrogen-bond acceptors (Lipinski definition) is 3. The summed E-state index contributed by atoms with van der Waals surface area (Å²) >= 11 is 0. The fourth-order valence-electron chi connectivity index (χ4n) is 3.20. The fourth-order valence-corrected chi connectivity index (χ4v) is 3.20. The van der Waals surface area contributed by atoms with Crippen LogP contribution in [0.4, 0.5) is 0 Å². The van der Waals surface area contributed by atoms with Gasteiger partial charge in [0.1, 0.15) is 0 Å². The third kappa shape index (κ3) is 2.05. The molecule has 2 atom stereocenters. The summed E-state index contributed by atoms with van der Waals surface area (Å²) in [4.78, 5) is 12.0. The second-order valence-electron chi connectivity index (χ2n) is 7.31. The molecule has 4 nitrogen and oxygen atoms in total. The van der Waals surface area contributed by atoms with Gasteiger partial charge in [-0.05, 0) is 30.1 Å². The van der Waals surface area contributed by atoms with Crippen molar-refractivity contribution in [2.24, 2.45) is 22.0 Å². The highest BCUT2D eigenvalue weighted by Crippen LogP contribution is 2.73. The molecule has 0 aromatic rings. The number of rotatable bonds is 4. The highest BCUT2D eigenvalue weighted by molar-refractivity contribution is 5.82. The maximum Gasteiger partial charge on any atom is 0.237 e. The zero-order valence-corrected chi connectivity index (χ0v) is 11.8. The first-order valence-electron chi connectivity index (χ1n) is 6.91. The van der Waals surface area contributed by atoms with Crippen LogP contribution < -0.4 is 11.1 Å². The van der Waals surface area contributed by atoms with Crippen LogP contribution in [-0.2, 0) is 4.79 Å². The number of aliphatic hydroxyl groups excluding tert-OH is 1. The first-order chi connectivity index (χ1) is 8.26. The summed E-state index contributed by atoms with van der Waals surface area (Å²) in [7, 11) is 0. The molecule has 2 fully saturated rings. The average Bonchev–Trinajstić information content (AvgIpc) is 2.94. The lowest BCUT2D eigenvalue weighted by molar-refractivity contribution is -0.125. The van der Waals surface area contributed by atoms with E-state index in [9.17, 15) is 9.90 Å². The third-order valence-electron chi connectivity index (χ3n) is 5.11. The van der Waals surface area contributed by atoms with Gasteiger partial charge in [0.15, 0.2) is 0 Å². The molecule has 0 aliphatic heterocycles. The number of carbonyl (C=O) groups is 1. The van der Waals surface area contributed by atoms with Crippen molar-refractivity contribution < 1.29 is 9.90 Å². The van der Waals surface area contributed by atoms with Gasteiger partial charge in [0, 0.05) is 12.0 Å². The van der Waals surface area contributed by atoms with Crippen LogP contribution in [0.1, 0.15) is 46.5 Å². The molecule has 0 radical (unpaired) electrons. The fraction of sp³-hybridized carbons (Fsp3) is 0.929. The Bertz CT molecular complexity index is 344. The molecule has 104 valence electrons. The highest BCUT2D eigenvalue weighted by atomic mass is 16.3. The molecule has 0 aromatic heterocycles. The predicted molar refractivity (Wildman–Crippen MR) is 70.9 cm³/mol. The molecule has 4 heteroatoms. The molecule has 2 saturated carbocycles. The van der Waals surface area contributed by atoms with Crippen LogP contribution in [0.3, 0.4) is 0 Å². The second-order valence-corrected chi connectivity index (χ2v) is 7.31. The lowest BCUT2D eigenvalue weighted by Gasteiger charge is -2.33. The Morgan fingerprint density at radius 3 is 2.39 bits per heavy atom. The van der Waals surface area contributed by atoms with E-state index in [0.29, 0.717) is 12.0 Å². The Labute approximate surface area is 109 Å². The van der Waals surface area contributed by atoms with Gasteiger partial charge in [-0.1, -0.05) is 27.2 Å². The summed E-state index contributed by atoms with van der Waals surface area (Å²) in [5.41, 5.74) is 5.97. The number of amides is 1. The van der Waals surface area contributed by atoms with Gasteiger partial charge in [0.2, 0.25) is 5.91 Å². The van der Waals surface area contributed by atoms with Crippen molar-refractivity contribution in [1.82, 2.24) is 5.32 Å². The molecule has 0 aromatic carbocycles. The smallest absolute Gasteiger partial charge is 0.237 e. The summed E-state index contributed by atoms with van der Waals surface area (Å²) in [6, 6.07) is -0.496. The van der Waals surface area contributed by atoms with Crippen LogP contribution in [0.15, 0.2) is 0 Å². The highest BCUT2D eigenvalue weighted by Gasteiger charge is 2.68. The molecule has 1 spiro atoms. The Hall–Kier alpha value is -0.610. The maximum absolute atomic E-state index is 12.0. The summed E-state index contributed by atoms with van der Waals surface area (Å²) in [6.45, 7) is 6.64. The molecule has 0 heterocycles. The van der Waals surface area contributed by atoms with E-state index < -0.39 is 6.04 Å². The van der Waals surface area contributed by atoms with E-state index in [4.69, 9.17) is 5.73 Å². The van der Waals surface area contributed by atoms with Crippen LogP contribution >= 0.6 is 0 Å². The van der Waals surface area contributed by atoms with E-state index in [-0.39, 0.29) is 23.3 Å². The Kier molecular flexibility index (Phi) is 3.23. The lowest BCUT2D eigenvalue weighted by Crippen LogP contribution is -2.50. The van der Waals surface area contributed by atoms with Crippen molar-refractivity contribution in [1.29, 1.82) is 0 Å². The number of nitrogens with one attached hydrogen (secondary N) is 1. The van der Waals surface area contributed by atoms with E-state index >= 15 is 0 Å². The van der Waals surface area contributed by atoms with Crippen molar-refractivity contribution >= 4 is 5.91 Å². The van der Waals surface area contributed by atoms with E-state index in [2.05, 4.69) is 5.32 Å². The molecule has 2 aliphatic carbocycles. The summed E-state index contributed by atoms with van der Waals surface area (Å²) in [6.07, 6.45) is 4.72. The quantitative estimate of drug-likeness (QED) is 0.701. The molecule has 0 bridgehead atoms. The number of carbonyl (C=O) groups excluding carboxylic acids is 1. The van der Waals surface area contributed by atoms with Gasteiger partial charge in [-0.2, -0.15) is 0 Å². The molecule has 2 unspecified atom stereocenters. The molecule has 2 rings (SSSR count). The Balaban J connectivity index is 1.87. The first kappa shape index (κ1) is 13.8. The van der Waals surface area contributed by atoms with E-state index in [1.54, 1.807) is 0 Å². The Morgan fingerprint density at radius 2 is 2.06 bits per heavy atom. The van der Waals surface area contributed by atoms with E-state index in [1.807, 2.05) is 20.8 Å². The molecule has 0 saturated heterocycles. The van der Waals surface area contributed by atoms with Crippen molar-refractivity contribution in [3.8, 4) is 0 Å². The number of aliphatic hydroxyl groups is 1. The van der Waals surface area contributed by atoms with Crippen molar-refractivity contribution in [2.45, 2.75) is 52.5 Å². The summed E-state index contributed by atoms with van der Waals surface area (Å²) in [5, 5.41) is 12.5. The van der Waals surface area contributed by atoms with Crippen LogP contribution in [0, 0.1) is 16.2 Å². The van der Waals surface area contributed by atoms with Gasteiger partial charge in [0.25, 0.3) is 0 Å². The van der Waals surface area contributed by atoms with Gasteiger partial charge < -0.3 is 16.2 Å². The van der Waals surface area contributed by atoms with Gasteiger partial charge in [-0.15, -0.1) is 0 Å². The van der Waals surface area contributed by atoms with Crippen LogP contribution in [-0.4, -0.2) is 30.2 Å². The van der Waals surface area contributed by atoms with Gasteiger partial charge in [-0.25, -0.2) is 0 Å². The van der Waals surface area contributed by atoms with Crippen molar-refractivity contribution in [3.05, 3.63) is 0 Å². The molecular weight excluding hydrogens is 228 g/mol. The van der Waals surface area contributed by atoms with Gasteiger partial charge >= 0.3 is 0 Å². The van der Waals surface area contributed by atoms with Gasteiger partial charge in [-0.3, -0.25) is 4.79 Å². The first-order valence-corrected chi connectivity index (χ1v) is 6.91. The van der Waals surface area contributed by atoms with Crippen LogP contribution in [0.2, 0.25) is 0 Å².